The highest BCUT2D eigenvalue weighted by atomic mass is 32.1. The van der Waals surface area contributed by atoms with Crippen LogP contribution in [0.15, 0.2) is 47.2 Å². The van der Waals surface area contributed by atoms with Gasteiger partial charge in [-0.15, -0.1) is 0 Å². The summed E-state index contributed by atoms with van der Waals surface area (Å²) in [5.74, 6) is 0.710. The van der Waals surface area contributed by atoms with Crippen molar-refractivity contribution < 1.29 is 14.3 Å². The molecule has 0 unspecified atom stereocenters. The van der Waals surface area contributed by atoms with Gasteiger partial charge in [-0.1, -0.05) is 18.2 Å². The zero-order valence-corrected chi connectivity index (χ0v) is 15.9. The van der Waals surface area contributed by atoms with Crippen LogP contribution in [0.5, 0.6) is 5.75 Å². The second kappa shape index (κ2) is 8.36. The molecule has 0 saturated carbocycles. The van der Waals surface area contributed by atoms with E-state index in [2.05, 4.69) is 0 Å². The average Bonchev–Trinajstić information content (AvgIpc) is 3.18. The number of rotatable bonds is 8. The lowest BCUT2D eigenvalue weighted by atomic mass is 9.92. The zero-order chi connectivity index (χ0) is 18.5. The molecule has 26 heavy (non-hydrogen) atoms. The van der Waals surface area contributed by atoms with Gasteiger partial charge in [-0.3, -0.25) is 9.59 Å². The Morgan fingerprint density at radius 2 is 1.92 bits per heavy atom. The number of β-lactam (4-membered cyclic amide) rings is 1. The van der Waals surface area contributed by atoms with Crippen molar-refractivity contribution in [2.75, 3.05) is 19.6 Å². The molecular weight excluding hydrogens is 348 g/mol. The Labute approximate surface area is 158 Å². The average molecular weight is 372 g/mol. The van der Waals surface area contributed by atoms with Gasteiger partial charge in [-0.05, 0) is 48.4 Å². The number of thiophene rings is 1. The number of benzene rings is 1. The van der Waals surface area contributed by atoms with Gasteiger partial charge >= 0.3 is 0 Å². The van der Waals surface area contributed by atoms with Gasteiger partial charge in [0.15, 0.2) is 0 Å². The first-order valence-electron chi connectivity index (χ1n) is 8.97. The van der Waals surface area contributed by atoms with Crippen LogP contribution in [0.1, 0.15) is 31.9 Å². The summed E-state index contributed by atoms with van der Waals surface area (Å²) in [6.07, 6.45) is -0.192. The van der Waals surface area contributed by atoms with Gasteiger partial charge < -0.3 is 14.5 Å². The fourth-order valence-corrected chi connectivity index (χ4v) is 3.96. The molecule has 3 rings (SSSR count). The van der Waals surface area contributed by atoms with E-state index in [9.17, 15) is 9.59 Å². The Morgan fingerprint density at radius 3 is 2.54 bits per heavy atom. The summed E-state index contributed by atoms with van der Waals surface area (Å²) in [4.78, 5) is 28.5. The minimum absolute atomic E-state index is 0.0580. The molecule has 2 amide bonds. The molecule has 138 valence electrons. The monoisotopic (exact) mass is 372 g/mol. The van der Waals surface area contributed by atoms with E-state index < -0.39 is 6.10 Å². The highest BCUT2D eigenvalue weighted by molar-refractivity contribution is 7.08. The van der Waals surface area contributed by atoms with Gasteiger partial charge in [-0.2, -0.15) is 11.3 Å². The van der Waals surface area contributed by atoms with E-state index in [1.54, 1.807) is 21.1 Å². The number of likely N-dealkylation sites (tertiary alicyclic amines) is 1. The van der Waals surface area contributed by atoms with Crippen LogP contribution in [0.25, 0.3) is 0 Å². The second-order valence-electron chi connectivity index (χ2n) is 6.20. The molecule has 2 aromatic rings. The first kappa shape index (κ1) is 18.5. The lowest BCUT2D eigenvalue weighted by Crippen LogP contribution is -2.61. The molecule has 1 fully saturated rings. The number of carbonyl (C=O) groups excluding carboxylic acids is 2. The number of para-hydroxylation sites is 1. The number of hydrogen-bond acceptors (Lipinski definition) is 4. The maximum atomic E-state index is 12.7. The topological polar surface area (TPSA) is 49.9 Å². The maximum absolute atomic E-state index is 12.7. The van der Waals surface area contributed by atoms with Crippen LogP contribution in [0, 0.1) is 0 Å². The molecule has 2 heterocycles. The van der Waals surface area contributed by atoms with Gasteiger partial charge in [0, 0.05) is 26.1 Å². The largest absolute Gasteiger partial charge is 0.478 e. The fourth-order valence-electron chi connectivity index (χ4n) is 3.28. The van der Waals surface area contributed by atoms with Crippen molar-refractivity contribution in [2.24, 2.45) is 0 Å². The Bertz CT molecular complexity index is 729. The molecule has 0 aliphatic carbocycles. The summed E-state index contributed by atoms with van der Waals surface area (Å²) in [6.45, 7) is 5.74. The lowest BCUT2D eigenvalue weighted by molar-refractivity contribution is -0.164. The smallest absolute Gasteiger partial charge is 0.266 e. The normalized spacial score (nSPS) is 19.2. The first-order valence-corrected chi connectivity index (χ1v) is 9.92. The van der Waals surface area contributed by atoms with Crippen molar-refractivity contribution >= 4 is 23.2 Å². The van der Waals surface area contributed by atoms with Gasteiger partial charge in [0.2, 0.25) is 12.0 Å². The predicted octanol–water partition coefficient (Wildman–Crippen LogP) is 3.34. The number of carbonyl (C=O) groups is 2. The van der Waals surface area contributed by atoms with Crippen LogP contribution in [-0.4, -0.2) is 47.4 Å². The first-order chi connectivity index (χ1) is 12.7. The molecule has 1 aromatic heterocycles. The summed E-state index contributed by atoms with van der Waals surface area (Å²) < 4.78 is 5.94. The molecule has 1 aromatic carbocycles. The standard InChI is InChI=1S/C20H24N2O3S/c1-3-21(4-2)17(23)10-12-22-18(15-11-13-26-14-15)19(20(22)24)25-16-8-6-5-7-9-16/h5-9,11,13-14,18-19H,3-4,10,12H2,1-2H3/t18-,19-/m0/s1. The van der Waals surface area contributed by atoms with Crippen molar-refractivity contribution in [3.05, 3.63) is 52.7 Å². The molecule has 2 atom stereocenters. The molecular formula is C20H24N2O3S. The van der Waals surface area contributed by atoms with Crippen molar-refractivity contribution in [3.8, 4) is 5.75 Å². The molecule has 0 N–H and O–H groups in total. The lowest BCUT2D eigenvalue weighted by Gasteiger charge is -2.46. The van der Waals surface area contributed by atoms with Crippen molar-refractivity contribution in [1.82, 2.24) is 9.80 Å². The SMILES string of the molecule is CCN(CC)C(=O)CCN1C(=O)[C@@H](Oc2ccccc2)[C@@H]1c1ccsc1. The third-order valence-electron chi connectivity index (χ3n) is 4.72. The predicted molar refractivity (Wildman–Crippen MR) is 102 cm³/mol. The number of hydrogen-bond donors (Lipinski definition) is 0. The highest BCUT2D eigenvalue weighted by Crippen LogP contribution is 2.38. The van der Waals surface area contributed by atoms with Gasteiger partial charge in [0.05, 0.1) is 0 Å². The summed E-state index contributed by atoms with van der Waals surface area (Å²) in [7, 11) is 0. The van der Waals surface area contributed by atoms with Crippen LogP contribution in [0.3, 0.4) is 0 Å². The van der Waals surface area contributed by atoms with Crippen LogP contribution in [0.2, 0.25) is 0 Å². The minimum atomic E-state index is -0.532. The summed E-state index contributed by atoms with van der Waals surface area (Å²) in [5, 5.41) is 4.04. The molecule has 0 radical (unpaired) electrons. The number of ether oxygens (including phenoxy) is 1. The summed E-state index contributed by atoms with van der Waals surface area (Å²) >= 11 is 1.60. The van der Waals surface area contributed by atoms with Crippen LogP contribution in [-0.2, 0) is 9.59 Å². The van der Waals surface area contributed by atoms with Gasteiger partial charge in [-0.25, -0.2) is 0 Å². The van der Waals surface area contributed by atoms with E-state index >= 15 is 0 Å². The van der Waals surface area contributed by atoms with Crippen molar-refractivity contribution in [3.63, 3.8) is 0 Å². The Morgan fingerprint density at radius 1 is 1.19 bits per heavy atom. The van der Waals surface area contributed by atoms with Crippen molar-refractivity contribution in [1.29, 1.82) is 0 Å². The minimum Gasteiger partial charge on any atom is -0.478 e. The number of nitrogens with zero attached hydrogens (tertiary/aromatic N) is 2. The van der Waals surface area contributed by atoms with E-state index in [4.69, 9.17) is 4.74 Å². The number of amides is 2. The van der Waals surface area contributed by atoms with E-state index in [1.165, 1.54) is 0 Å². The summed E-state index contributed by atoms with van der Waals surface area (Å²) in [6, 6.07) is 11.3. The molecule has 1 aliphatic rings. The molecule has 1 saturated heterocycles. The molecule has 1 aliphatic heterocycles. The third-order valence-corrected chi connectivity index (χ3v) is 5.42. The molecule has 6 heteroatoms. The van der Waals surface area contributed by atoms with Crippen molar-refractivity contribution in [2.45, 2.75) is 32.4 Å². The van der Waals surface area contributed by atoms with Crippen LogP contribution < -0.4 is 4.74 Å². The zero-order valence-electron chi connectivity index (χ0n) is 15.1. The van der Waals surface area contributed by atoms with Gasteiger partial charge in [0.25, 0.3) is 5.91 Å². The maximum Gasteiger partial charge on any atom is 0.266 e. The van der Waals surface area contributed by atoms with Crippen LogP contribution >= 0.6 is 11.3 Å². The Hall–Kier alpha value is -2.34. The van der Waals surface area contributed by atoms with Gasteiger partial charge in [0.1, 0.15) is 11.8 Å². The van der Waals surface area contributed by atoms with E-state index in [0.717, 1.165) is 5.56 Å². The van der Waals surface area contributed by atoms with Crippen LogP contribution in [0.4, 0.5) is 0 Å². The molecule has 0 bridgehead atoms. The molecule has 5 nitrogen and oxygen atoms in total. The Kier molecular flexibility index (Phi) is 5.93. The van der Waals surface area contributed by atoms with E-state index in [-0.39, 0.29) is 17.9 Å². The highest BCUT2D eigenvalue weighted by Gasteiger charge is 2.50. The van der Waals surface area contributed by atoms with E-state index in [1.807, 2.05) is 61.0 Å². The Balaban J connectivity index is 1.69. The quantitative estimate of drug-likeness (QED) is 0.668. The third kappa shape index (κ3) is 3.75. The summed E-state index contributed by atoms with van der Waals surface area (Å²) in [5.41, 5.74) is 1.06. The second-order valence-corrected chi connectivity index (χ2v) is 6.98. The molecule has 0 spiro atoms. The van der Waals surface area contributed by atoms with E-state index in [0.29, 0.717) is 31.8 Å². The fraction of sp³-hybridized carbons (Fsp3) is 0.400.